The van der Waals surface area contributed by atoms with Crippen LogP contribution in [0.1, 0.15) is 13.8 Å². The molecule has 0 aromatic heterocycles. The smallest absolute Gasteiger partial charge is 0.126 e. The van der Waals surface area contributed by atoms with E-state index in [4.69, 9.17) is 10.8 Å². The van der Waals surface area contributed by atoms with Crippen LogP contribution in [0.5, 0.6) is 0 Å². The molecule has 3 heteroatoms. The molecule has 0 spiro atoms. The van der Waals surface area contributed by atoms with E-state index in [-0.39, 0.29) is 5.78 Å². The Bertz CT molecular complexity index is 53.1. The molecule has 0 bridgehead atoms. The summed E-state index contributed by atoms with van der Waals surface area (Å²) < 4.78 is 0. The van der Waals surface area contributed by atoms with Crippen LogP contribution in [-0.2, 0) is 4.79 Å². The van der Waals surface area contributed by atoms with Crippen molar-refractivity contribution in [3.05, 3.63) is 0 Å². The fraction of sp³-hybridized carbons (Fsp3) is 0.667. The van der Waals surface area contributed by atoms with Crippen molar-refractivity contribution < 1.29 is 4.79 Å². The zero-order valence-electron chi connectivity index (χ0n) is 3.80. The van der Waals surface area contributed by atoms with Gasteiger partial charge in [0.1, 0.15) is 5.78 Å². The molecule has 0 unspecified atom stereocenters. The van der Waals surface area contributed by atoms with Crippen molar-refractivity contribution in [2.75, 3.05) is 0 Å². The van der Waals surface area contributed by atoms with Gasteiger partial charge in [0.15, 0.2) is 0 Å². The van der Waals surface area contributed by atoms with Crippen LogP contribution in [0.3, 0.4) is 0 Å². The zero-order valence-corrected chi connectivity index (χ0v) is 3.80. The molecule has 6 heavy (non-hydrogen) atoms. The van der Waals surface area contributed by atoms with E-state index < -0.39 is 0 Å². The minimum atomic E-state index is 0.167. The minimum absolute atomic E-state index is 0.167. The summed E-state index contributed by atoms with van der Waals surface area (Å²) in [7, 11) is 0. The van der Waals surface area contributed by atoms with E-state index >= 15 is 0 Å². The largest absolute Gasteiger partial charge is 0.300 e. The molecule has 34 valence electrons. The second-order valence-electron chi connectivity index (χ2n) is 0.908. The van der Waals surface area contributed by atoms with Crippen LogP contribution in [0.2, 0.25) is 0 Å². The molecular weight excluding hydrogens is 80.0 g/mol. The van der Waals surface area contributed by atoms with Crippen LogP contribution in [0, 0.1) is 10.8 Å². The van der Waals surface area contributed by atoms with E-state index in [2.05, 4.69) is 0 Å². The molecule has 0 aliphatic rings. The summed E-state index contributed by atoms with van der Waals surface area (Å²) in [6.45, 7) is 3.06. The van der Waals surface area contributed by atoms with Gasteiger partial charge in [-0.25, -0.2) is 0 Å². The average molecular weight is 86.1 g/mol. The van der Waals surface area contributed by atoms with Crippen molar-refractivity contribution in [1.29, 1.82) is 10.8 Å². The molecule has 0 aliphatic carbocycles. The first kappa shape index (κ1) is 8.92. The van der Waals surface area contributed by atoms with E-state index in [0.717, 1.165) is 0 Å². The number of hydrogen-bond acceptors (Lipinski definition) is 3. The number of carbonyl (C=O) groups is 1. The van der Waals surface area contributed by atoms with Crippen LogP contribution in [0.4, 0.5) is 0 Å². The van der Waals surface area contributed by atoms with Crippen LogP contribution >= 0.6 is 0 Å². The molecule has 3 nitrogen and oxygen atoms in total. The quantitative estimate of drug-likeness (QED) is 0.406. The molecule has 0 saturated heterocycles. The van der Waals surface area contributed by atoms with Crippen LogP contribution in [-0.4, -0.2) is 5.78 Å². The van der Waals surface area contributed by atoms with Gasteiger partial charge in [-0.3, -0.25) is 0 Å². The number of nitrogens with zero attached hydrogens (tertiary/aromatic N) is 2. The van der Waals surface area contributed by atoms with Crippen molar-refractivity contribution in [1.82, 2.24) is 0 Å². The number of rotatable bonds is 0. The monoisotopic (exact) mass is 86.0 g/mol. The highest BCUT2D eigenvalue weighted by Crippen LogP contribution is 1.50. The maximum atomic E-state index is 9.44. The van der Waals surface area contributed by atoms with E-state index in [1.165, 1.54) is 13.8 Å². The Kier molecular flexibility index (Phi) is 13.3. The lowest BCUT2D eigenvalue weighted by atomic mass is 10.6. The molecule has 0 heterocycles. The summed E-state index contributed by atoms with van der Waals surface area (Å²) in [4.78, 5) is 9.44. The maximum Gasteiger partial charge on any atom is 0.126 e. The topological polar surface area (TPSA) is 64.7 Å². The first-order valence-electron chi connectivity index (χ1n) is 1.40. The summed E-state index contributed by atoms with van der Waals surface area (Å²) in [5.41, 5.74) is 0. The van der Waals surface area contributed by atoms with Crippen molar-refractivity contribution in [2.45, 2.75) is 13.8 Å². The van der Waals surface area contributed by atoms with Gasteiger partial charge in [0.25, 0.3) is 0 Å². The van der Waals surface area contributed by atoms with E-state index in [9.17, 15) is 4.79 Å². The fourth-order valence-electron chi connectivity index (χ4n) is 0. The number of ketones is 1. The Morgan fingerprint density at radius 2 is 1.33 bits per heavy atom. The fourth-order valence-corrected chi connectivity index (χ4v) is 0. The second kappa shape index (κ2) is 8.94. The van der Waals surface area contributed by atoms with E-state index in [0.29, 0.717) is 0 Å². The van der Waals surface area contributed by atoms with Crippen LogP contribution in [0.15, 0.2) is 0 Å². The lowest BCUT2D eigenvalue weighted by Gasteiger charge is -1.56. The molecule has 0 atom stereocenters. The van der Waals surface area contributed by atoms with Crippen molar-refractivity contribution in [2.24, 2.45) is 0 Å². The lowest BCUT2D eigenvalue weighted by Crippen LogP contribution is -1.69. The van der Waals surface area contributed by atoms with Gasteiger partial charge in [0.05, 0.1) is 0 Å². The molecule has 0 fully saturated rings. The minimum Gasteiger partial charge on any atom is -0.300 e. The summed E-state index contributed by atoms with van der Waals surface area (Å²) in [5, 5.41) is 12.0. The highest BCUT2D eigenvalue weighted by molar-refractivity contribution is 5.72. The molecule has 0 aliphatic heterocycles. The predicted octanol–water partition coefficient (Wildman–Crippen LogP) is 0.625. The summed E-state index contributed by atoms with van der Waals surface area (Å²) >= 11 is 0. The molecule has 0 aromatic rings. The Morgan fingerprint density at radius 3 is 1.33 bits per heavy atom. The van der Waals surface area contributed by atoms with Crippen molar-refractivity contribution in [3.63, 3.8) is 0 Å². The van der Waals surface area contributed by atoms with Crippen LogP contribution in [0.25, 0.3) is 0 Å². The van der Waals surface area contributed by atoms with Gasteiger partial charge in [-0.1, -0.05) is 0 Å². The molecular formula is C3H6N2O. The van der Waals surface area contributed by atoms with Crippen molar-refractivity contribution >= 4 is 5.78 Å². The normalized spacial score (nSPS) is 4.67. The highest BCUT2D eigenvalue weighted by Gasteiger charge is 1.62. The molecule has 0 N–H and O–H groups in total. The Morgan fingerprint density at radius 1 is 1.33 bits per heavy atom. The lowest BCUT2D eigenvalue weighted by molar-refractivity contribution is -0.114. The Labute approximate surface area is 36.4 Å². The van der Waals surface area contributed by atoms with E-state index in [1.54, 1.807) is 0 Å². The van der Waals surface area contributed by atoms with Crippen LogP contribution < -0.4 is 0 Å². The molecule has 0 radical (unpaired) electrons. The maximum absolute atomic E-state index is 9.44. The zero-order chi connectivity index (χ0) is 5.58. The van der Waals surface area contributed by atoms with Gasteiger partial charge in [-0.15, -0.1) is 0 Å². The first-order chi connectivity index (χ1) is 2.73. The third-order valence-electron chi connectivity index (χ3n) is 0. The van der Waals surface area contributed by atoms with Crippen molar-refractivity contribution in [3.8, 4) is 0 Å². The highest BCUT2D eigenvalue weighted by atomic mass is 16.1. The van der Waals surface area contributed by atoms with E-state index in [1.807, 2.05) is 0 Å². The third-order valence-corrected chi connectivity index (χ3v) is 0. The predicted molar refractivity (Wildman–Crippen MR) is 19.8 cm³/mol. The number of Topliss-reactive ketones (excluding diaryl/α,β-unsaturated/α-hetero) is 1. The molecule has 0 saturated carbocycles. The Hall–Kier alpha value is -0.910. The van der Waals surface area contributed by atoms with Gasteiger partial charge < -0.3 is 4.79 Å². The molecule has 0 rings (SSSR count). The molecule has 0 aromatic carbocycles. The second-order valence-corrected chi connectivity index (χ2v) is 0.908. The van der Waals surface area contributed by atoms with Gasteiger partial charge >= 0.3 is 0 Å². The standard InChI is InChI=1S/C3H6O.N2/c1-3(2)4;1-2/h1-2H3;. The summed E-state index contributed by atoms with van der Waals surface area (Å²) in [5.74, 6) is 0.167. The van der Waals surface area contributed by atoms with Gasteiger partial charge in [-0.05, 0) is 13.8 Å². The third kappa shape index (κ3) is 16.3. The van der Waals surface area contributed by atoms with Gasteiger partial charge in [0, 0.05) is 10.8 Å². The van der Waals surface area contributed by atoms with Gasteiger partial charge in [0.2, 0.25) is 0 Å². The Balaban J connectivity index is 0. The van der Waals surface area contributed by atoms with Gasteiger partial charge in [-0.2, -0.15) is 0 Å². The average Bonchev–Trinajstić information content (AvgIpc) is 1.41. The number of carbonyl (C=O) groups excluding carboxylic acids is 1. The SMILES string of the molecule is CC(C)=O.N#N. The summed E-state index contributed by atoms with van der Waals surface area (Å²) in [6.07, 6.45) is 0. The molecule has 0 amide bonds. The summed E-state index contributed by atoms with van der Waals surface area (Å²) in [6, 6.07) is 0. The number of hydrogen-bond donors (Lipinski definition) is 0. The first-order valence-corrected chi connectivity index (χ1v) is 1.40.